The highest BCUT2D eigenvalue weighted by Crippen LogP contribution is 2.06. The molecule has 6 nitrogen and oxygen atoms in total. The molecule has 2 amide bonds. The fourth-order valence-electron chi connectivity index (χ4n) is 2.59. The van der Waals surface area contributed by atoms with Gasteiger partial charge in [-0.15, -0.1) is 0 Å². The molecule has 1 atom stereocenters. The van der Waals surface area contributed by atoms with Crippen LogP contribution in [0, 0.1) is 0 Å². The molecule has 26 heavy (non-hydrogen) atoms. The van der Waals surface area contributed by atoms with Crippen LogP contribution in [0.5, 0.6) is 0 Å². The van der Waals surface area contributed by atoms with Gasteiger partial charge in [-0.1, -0.05) is 30.3 Å². The number of carbonyl (C=O) groups is 2. The molecule has 0 radical (unpaired) electrons. The molecule has 2 aromatic rings. The maximum Gasteiger partial charge on any atom is 0.286 e. The zero-order valence-electron chi connectivity index (χ0n) is 15.4. The zero-order valence-corrected chi connectivity index (χ0v) is 15.4. The molecule has 1 unspecified atom stereocenters. The van der Waals surface area contributed by atoms with Crippen molar-refractivity contribution in [1.82, 2.24) is 15.5 Å². The Bertz CT molecular complexity index is 669. The number of hydrogen-bond acceptors (Lipinski definition) is 4. The number of nitrogens with zero attached hydrogens (tertiary/aromatic N) is 1. The number of benzene rings is 1. The highest BCUT2D eigenvalue weighted by atomic mass is 16.3. The average molecular weight is 357 g/mol. The monoisotopic (exact) mass is 357 g/mol. The van der Waals surface area contributed by atoms with Crippen LogP contribution in [0.2, 0.25) is 0 Å². The van der Waals surface area contributed by atoms with Gasteiger partial charge in [0.1, 0.15) is 0 Å². The molecule has 0 aliphatic heterocycles. The molecule has 0 aliphatic carbocycles. The van der Waals surface area contributed by atoms with E-state index in [9.17, 15) is 9.59 Å². The molecule has 0 spiro atoms. The van der Waals surface area contributed by atoms with E-state index < -0.39 is 0 Å². The summed E-state index contributed by atoms with van der Waals surface area (Å²) in [5.41, 5.74) is 1.25. The van der Waals surface area contributed by atoms with Crippen LogP contribution in [-0.4, -0.2) is 49.9 Å². The highest BCUT2D eigenvalue weighted by Gasteiger charge is 2.14. The summed E-state index contributed by atoms with van der Waals surface area (Å²) in [6, 6.07) is 13.8. The molecule has 0 saturated heterocycles. The Morgan fingerprint density at radius 1 is 1.08 bits per heavy atom. The standard InChI is InChI=1S/C20H27N3O3/c1-23(2)17(14-16-8-4-3-5-9-16)15-22-19(24)11-6-12-21-20(25)18-10-7-13-26-18/h3-5,7-10,13,17H,6,11-12,14-15H2,1-2H3,(H,21,25)(H,22,24). The highest BCUT2D eigenvalue weighted by molar-refractivity contribution is 5.91. The van der Waals surface area contributed by atoms with Gasteiger partial charge in [-0.25, -0.2) is 0 Å². The summed E-state index contributed by atoms with van der Waals surface area (Å²) in [6.45, 7) is 1.04. The lowest BCUT2D eigenvalue weighted by molar-refractivity contribution is -0.121. The van der Waals surface area contributed by atoms with E-state index in [0.29, 0.717) is 25.9 Å². The third kappa shape index (κ3) is 6.72. The van der Waals surface area contributed by atoms with Crippen molar-refractivity contribution >= 4 is 11.8 Å². The van der Waals surface area contributed by atoms with Crippen molar-refractivity contribution in [1.29, 1.82) is 0 Å². The van der Waals surface area contributed by atoms with Crippen molar-refractivity contribution in [3.8, 4) is 0 Å². The van der Waals surface area contributed by atoms with Gasteiger partial charge in [0.15, 0.2) is 5.76 Å². The first-order chi connectivity index (χ1) is 12.6. The summed E-state index contributed by atoms with van der Waals surface area (Å²) in [6.07, 6.45) is 3.31. The molecule has 2 N–H and O–H groups in total. The van der Waals surface area contributed by atoms with Crippen molar-refractivity contribution in [3.05, 3.63) is 60.1 Å². The Morgan fingerprint density at radius 3 is 2.50 bits per heavy atom. The molecular formula is C20H27N3O3. The first-order valence-corrected chi connectivity index (χ1v) is 8.85. The smallest absolute Gasteiger partial charge is 0.286 e. The second-order valence-electron chi connectivity index (χ2n) is 6.45. The van der Waals surface area contributed by atoms with Gasteiger partial charge in [0, 0.05) is 25.6 Å². The molecule has 0 aliphatic rings. The molecule has 0 fully saturated rings. The summed E-state index contributed by atoms with van der Waals surface area (Å²) >= 11 is 0. The minimum absolute atomic E-state index is 0.00263. The van der Waals surface area contributed by atoms with Crippen LogP contribution in [0.3, 0.4) is 0 Å². The summed E-state index contributed by atoms with van der Waals surface area (Å²) < 4.78 is 5.01. The third-order valence-electron chi connectivity index (χ3n) is 4.19. The SMILES string of the molecule is CN(C)C(CNC(=O)CCCNC(=O)c1ccco1)Cc1ccccc1. The molecule has 0 saturated carbocycles. The molecule has 6 heteroatoms. The first kappa shape index (κ1) is 19.7. The third-order valence-corrected chi connectivity index (χ3v) is 4.19. The molecule has 2 rings (SSSR count). The van der Waals surface area contributed by atoms with Crippen LogP contribution in [-0.2, 0) is 11.2 Å². The Morgan fingerprint density at radius 2 is 1.85 bits per heavy atom. The van der Waals surface area contributed by atoms with E-state index in [4.69, 9.17) is 4.42 Å². The van der Waals surface area contributed by atoms with E-state index >= 15 is 0 Å². The molecule has 1 heterocycles. The summed E-state index contributed by atoms with van der Waals surface area (Å²) in [7, 11) is 4.04. The van der Waals surface area contributed by atoms with Crippen LogP contribution in [0.15, 0.2) is 53.1 Å². The van der Waals surface area contributed by atoms with Crippen molar-refractivity contribution < 1.29 is 14.0 Å². The molecule has 1 aromatic carbocycles. The van der Waals surface area contributed by atoms with Gasteiger partial charge in [0.05, 0.1) is 6.26 Å². The number of amides is 2. The fourth-order valence-corrected chi connectivity index (χ4v) is 2.59. The lowest BCUT2D eigenvalue weighted by Gasteiger charge is -2.24. The van der Waals surface area contributed by atoms with Crippen molar-refractivity contribution in [2.24, 2.45) is 0 Å². The second-order valence-corrected chi connectivity index (χ2v) is 6.45. The molecule has 140 valence electrons. The van der Waals surface area contributed by atoms with Crippen LogP contribution in [0.1, 0.15) is 29.0 Å². The van der Waals surface area contributed by atoms with Crippen molar-refractivity contribution in [2.45, 2.75) is 25.3 Å². The molecule has 0 bridgehead atoms. The van der Waals surface area contributed by atoms with Gasteiger partial charge in [0.25, 0.3) is 5.91 Å². The largest absolute Gasteiger partial charge is 0.459 e. The average Bonchev–Trinajstić information content (AvgIpc) is 3.17. The van der Waals surface area contributed by atoms with E-state index in [1.54, 1.807) is 12.1 Å². The Kier molecular flexibility index (Phi) is 7.89. The lowest BCUT2D eigenvalue weighted by atomic mass is 10.1. The van der Waals surface area contributed by atoms with Gasteiger partial charge < -0.3 is 20.0 Å². The van der Waals surface area contributed by atoms with Crippen LogP contribution in [0.4, 0.5) is 0 Å². The number of hydrogen-bond donors (Lipinski definition) is 2. The lowest BCUT2D eigenvalue weighted by Crippen LogP contribution is -2.41. The van der Waals surface area contributed by atoms with Crippen LogP contribution in [0.25, 0.3) is 0 Å². The minimum atomic E-state index is -0.258. The van der Waals surface area contributed by atoms with Gasteiger partial charge in [0.2, 0.25) is 5.91 Å². The maximum atomic E-state index is 12.0. The van der Waals surface area contributed by atoms with Gasteiger partial charge in [-0.2, -0.15) is 0 Å². The van der Waals surface area contributed by atoms with Crippen molar-refractivity contribution in [3.63, 3.8) is 0 Å². The fraction of sp³-hybridized carbons (Fsp3) is 0.400. The Hall–Kier alpha value is -2.60. The second kappa shape index (κ2) is 10.4. The number of furan rings is 1. The number of rotatable bonds is 10. The van der Waals surface area contributed by atoms with Gasteiger partial charge in [-0.05, 0) is 44.6 Å². The van der Waals surface area contributed by atoms with E-state index in [-0.39, 0.29) is 23.6 Å². The first-order valence-electron chi connectivity index (χ1n) is 8.85. The zero-order chi connectivity index (χ0) is 18.8. The topological polar surface area (TPSA) is 74.6 Å². The predicted molar refractivity (Wildman–Crippen MR) is 101 cm³/mol. The summed E-state index contributed by atoms with van der Waals surface area (Å²) in [5.74, 6) is 0.0206. The molecule has 1 aromatic heterocycles. The predicted octanol–water partition coefficient (Wildman–Crippen LogP) is 2.08. The van der Waals surface area contributed by atoms with E-state index in [2.05, 4.69) is 27.7 Å². The van der Waals surface area contributed by atoms with Gasteiger partial charge in [-0.3, -0.25) is 9.59 Å². The van der Waals surface area contributed by atoms with Crippen molar-refractivity contribution in [2.75, 3.05) is 27.2 Å². The number of carbonyl (C=O) groups excluding carboxylic acids is 2. The Balaban J connectivity index is 1.65. The Labute approximate surface area is 154 Å². The van der Waals surface area contributed by atoms with Gasteiger partial charge >= 0.3 is 0 Å². The quantitative estimate of drug-likeness (QED) is 0.639. The summed E-state index contributed by atoms with van der Waals surface area (Å²) in [5, 5.41) is 5.72. The normalized spacial score (nSPS) is 12.0. The number of likely N-dealkylation sites (N-methyl/N-ethyl adjacent to an activating group) is 1. The van der Waals surface area contributed by atoms with E-state index in [0.717, 1.165) is 6.42 Å². The van der Waals surface area contributed by atoms with E-state index in [1.807, 2.05) is 32.3 Å². The molecular weight excluding hydrogens is 330 g/mol. The van der Waals surface area contributed by atoms with Crippen LogP contribution < -0.4 is 10.6 Å². The maximum absolute atomic E-state index is 12.0. The van der Waals surface area contributed by atoms with E-state index in [1.165, 1.54) is 11.8 Å². The van der Waals surface area contributed by atoms with Crippen LogP contribution >= 0.6 is 0 Å². The number of nitrogens with one attached hydrogen (secondary N) is 2. The summed E-state index contributed by atoms with van der Waals surface area (Å²) in [4.78, 5) is 25.9. The minimum Gasteiger partial charge on any atom is -0.459 e.